The quantitative estimate of drug-likeness (QED) is 0.834. The number of nitrogens with one attached hydrogen (secondary N) is 2. The minimum Gasteiger partial charge on any atom is -0.363 e. The van der Waals surface area contributed by atoms with Gasteiger partial charge in [-0.3, -0.25) is 9.78 Å². The molecule has 0 saturated carbocycles. The van der Waals surface area contributed by atoms with Gasteiger partial charge in [-0.25, -0.2) is 9.97 Å². The second-order valence-electron chi connectivity index (χ2n) is 4.22. The zero-order chi connectivity index (χ0) is 14.2. The van der Waals surface area contributed by atoms with Crippen molar-refractivity contribution in [1.82, 2.24) is 20.3 Å². The number of hydrogen-bond acceptors (Lipinski definition) is 5. The van der Waals surface area contributed by atoms with E-state index in [1.54, 1.807) is 12.4 Å². The molecular weight excluding hydrogens is 254 g/mol. The molecule has 0 unspecified atom stereocenters. The van der Waals surface area contributed by atoms with Gasteiger partial charge in [0.15, 0.2) is 0 Å². The van der Waals surface area contributed by atoms with Gasteiger partial charge in [0.05, 0.1) is 24.6 Å². The first-order chi connectivity index (χ1) is 9.79. The van der Waals surface area contributed by atoms with Gasteiger partial charge in [-0.2, -0.15) is 0 Å². The first-order valence-electron chi connectivity index (χ1n) is 6.53. The lowest BCUT2D eigenvalue weighted by molar-refractivity contribution is 0.0948. The van der Waals surface area contributed by atoms with E-state index in [1.165, 1.54) is 6.20 Å². The molecule has 2 rings (SSSR count). The summed E-state index contributed by atoms with van der Waals surface area (Å²) >= 11 is 0. The minimum absolute atomic E-state index is 0.198. The number of carbonyl (C=O) groups is 1. The summed E-state index contributed by atoms with van der Waals surface area (Å²) in [6.07, 6.45) is 5.64. The standard InChI is InChI=1S/C14H17N5O/c1-2-6-16-14(20)12-9-19-13(10-17-12)18-8-11-5-3-4-7-15-11/h3-5,7,9-10H,2,6,8H2,1H3,(H,16,20)(H,18,19). The molecule has 2 N–H and O–H groups in total. The van der Waals surface area contributed by atoms with E-state index in [1.807, 2.05) is 25.1 Å². The Kier molecular flexibility index (Phi) is 5.00. The lowest BCUT2D eigenvalue weighted by Gasteiger charge is -2.06. The van der Waals surface area contributed by atoms with Crippen LogP contribution in [-0.4, -0.2) is 27.4 Å². The molecule has 6 nitrogen and oxygen atoms in total. The molecular formula is C14H17N5O. The van der Waals surface area contributed by atoms with Gasteiger partial charge in [-0.1, -0.05) is 13.0 Å². The van der Waals surface area contributed by atoms with Crippen molar-refractivity contribution < 1.29 is 4.79 Å². The lowest BCUT2D eigenvalue weighted by Crippen LogP contribution is -2.25. The van der Waals surface area contributed by atoms with Crippen molar-refractivity contribution in [2.75, 3.05) is 11.9 Å². The molecule has 2 heterocycles. The molecule has 0 aliphatic rings. The average molecular weight is 271 g/mol. The van der Waals surface area contributed by atoms with Gasteiger partial charge in [-0.15, -0.1) is 0 Å². The topological polar surface area (TPSA) is 79.8 Å². The maximum absolute atomic E-state index is 11.7. The third-order valence-corrected chi connectivity index (χ3v) is 2.60. The molecule has 2 aromatic rings. The van der Waals surface area contributed by atoms with Gasteiger partial charge < -0.3 is 10.6 Å². The number of hydrogen-bond donors (Lipinski definition) is 2. The summed E-state index contributed by atoms with van der Waals surface area (Å²) in [5.74, 6) is 0.415. The van der Waals surface area contributed by atoms with E-state index in [9.17, 15) is 4.79 Å². The van der Waals surface area contributed by atoms with Crippen LogP contribution in [0.1, 0.15) is 29.5 Å². The van der Waals surface area contributed by atoms with Crippen molar-refractivity contribution in [3.05, 3.63) is 48.2 Å². The second-order valence-corrected chi connectivity index (χ2v) is 4.22. The summed E-state index contributed by atoms with van der Waals surface area (Å²) in [6.45, 7) is 3.20. The van der Waals surface area contributed by atoms with Crippen molar-refractivity contribution in [2.45, 2.75) is 19.9 Å². The van der Waals surface area contributed by atoms with Crippen molar-refractivity contribution in [3.63, 3.8) is 0 Å². The summed E-state index contributed by atoms with van der Waals surface area (Å²) in [6, 6.07) is 5.72. The highest BCUT2D eigenvalue weighted by atomic mass is 16.1. The van der Waals surface area contributed by atoms with Crippen LogP contribution in [0.5, 0.6) is 0 Å². The Balaban J connectivity index is 1.90. The number of anilines is 1. The van der Waals surface area contributed by atoms with Crippen molar-refractivity contribution in [1.29, 1.82) is 0 Å². The Hall–Kier alpha value is -2.50. The van der Waals surface area contributed by atoms with Gasteiger partial charge in [-0.05, 0) is 18.6 Å². The molecule has 0 radical (unpaired) electrons. The summed E-state index contributed by atoms with van der Waals surface area (Å²) in [4.78, 5) is 24.1. The van der Waals surface area contributed by atoms with Crippen LogP contribution in [0.4, 0.5) is 5.82 Å². The highest BCUT2D eigenvalue weighted by Gasteiger charge is 2.06. The number of nitrogens with zero attached hydrogens (tertiary/aromatic N) is 3. The molecule has 0 spiro atoms. The summed E-state index contributed by atoms with van der Waals surface area (Å²) < 4.78 is 0. The van der Waals surface area contributed by atoms with Crippen LogP contribution in [0, 0.1) is 0 Å². The van der Waals surface area contributed by atoms with Crippen LogP contribution >= 0.6 is 0 Å². The van der Waals surface area contributed by atoms with Crippen molar-refractivity contribution in [3.8, 4) is 0 Å². The first-order valence-corrected chi connectivity index (χ1v) is 6.53. The summed E-state index contributed by atoms with van der Waals surface area (Å²) in [5.41, 5.74) is 1.24. The van der Waals surface area contributed by atoms with Crippen molar-refractivity contribution in [2.24, 2.45) is 0 Å². The molecule has 6 heteroatoms. The van der Waals surface area contributed by atoms with E-state index in [0.29, 0.717) is 24.6 Å². The molecule has 0 aliphatic carbocycles. The fourth-order valence-corrected chi connectivity index (χ4v) is 1.55. The van der Waals surface area contributed by atoms with Gasteiger partial charge in [0.1, 0.15) is 11.5 Å². The summed E-state index contributed by atoms with van der Waals surface area (Å²) in [7, 11) is 0. The zero-order valence-corrected chi connectivity index (χ0v) is 11.3. The predicted molar refractivity (Wildman–Crippen MR) is 76.2 cm³/mol. The Morgan fingerprint density at radius 3 is 2.75 bits per heavy atom. The summed E-state index contributed by atoms with van der Waals surface area (Å²) in [5, 5.41) is 5.86. The fraction of sp³-hybridized carbons (Fsp3) is 0.286. The maximum Gasteiger partial charge on any atom is 0.271 e. The molecule has 0 bridgehead atoms. The number of pyridine rings is 1. The van der Waals surface area contributed by atoms with E-state index in [2.05, 4.69) is 25.6 Å². The van der Waals surface area contributed by atoms with Gasteiger partial charge >= 0.3 is 0 Å². The minimum atomic E-state index is -0.198. The third kappa shape index (κ3) is 4.01. The second kappa shape index (κ2) is 7.18. The van der Waals surface area contributed by atoms with Gasteiger partial charge in [0.25, 0.3) is 5.91 Å². The number of amides is 1. The highest BCUT2D eigenvalue weighted by molar-refractivity contribution is 5.91. The lowest BCUT2D eigenvalue weighted by atomic mass is 10.3. The Morgan fingerprint density at radius 2 is 2.10 bits per heavy atom. The van der Waals surface area contributed by atoms with E-state index in [-0.39, 0.29) is 5.91 Å². The van der Waals surface area contributed by atoms with E-state index in [4.69, 9.17) is 0 Å². The molecule has 0 fully saturated rings. The fourth-order valence-electron chi connectivity index (χ4n) is 1.55. The van der Waals surface area contributed by atoms with Crippen LogP contribution in [0.2, 0.25) is 0 Å². The Morgan fingerprint density at radius 1 is 1.20 bits per heavy atom. The maximum atomic E-state index is 11.7. The van der Waals surface area contributed by atoms with E-state index >= 15 is 0 Å². The third-order valence-electron chi connectivity index (χ3n) is 2.60. The average Bonchev–Trinajstić information content (AvgIpc) is 2.52. The van der Waals surface area contributed by atoms with E-state index < -0.39 is 0 Å². The SMILES string of the molecule is CCCNC(=O)c1cnc(NCc2ccccn2)cn1. The van der Waals surface area contributed by atoms with Crippen LogP contribution < -0.4 is 10.6 Å². The van der Waals surface area contributed by atoms with Gasteiger partial charge in [0.2, 0.25) is 0 Å². The van der Waals surface area contributed by atoms with Crippen LogP contribution in [0.15, 0.2) is 36.8 Å². The first kappa shape index (κ1) is 13.9. The molecule has 0 aromatic carbocycles. The molecule has 2 aromatic heterocycles. The highest BCUT2D eigenvalue weighted by Crippen LogP contribution is 2.03. The van der Waals surface area contributed by atoms with Crippen molar-refractivity contribution >= 4 is 11.7 Å². The number of rotatable bonds is 6. The zero-order valence-electron chi connectivity index (χ0n) is 11.3. The number of carbonyl (C=O) groups excluding carboxylic acids is 1. The van der Waals surface area contributed by atoms with Crippen LogP contribution in [0.25, 0.3) is 0 Å². The Bertz CT molecular complexity index is 541. The van der Waals surface area contributed by atoms with E-state index in [0.717, 1.165) is 12.1 Å². The molecule has 0 aliphatic heterocycles. The van der Waals surface area contributed by atoms with Crippen LogP contribution in [-0.2, 0) is 6.54 Å². The Labute approximate surface area is 117 Å². The predicted octanol–water partition coefficient (Wildman–Crippen LogP) is 1.62. The number of aromatic nitrogens is 3. The largest absolute Gasteiger partial charge is 0.363 e. The monoisotopic (exact) mass is 271 g/mol. The van der Waals surface area contributed by atoms with Crippen LogP contribution in [0.3, 0.4) is 0 Å². The smallest absolute Gasteiger partial charge is 0.271 e. The van der Waals surface area contributed by atoms with Gasteiger partial charge in [0, 0.05) is 12.7 Å². The molecule has 0 saturated heterocycles. The molecule has 20 heavy (non-hydrogen) atoms. The molecule has 0 atom stereocenters. The normalized spacial score (nSPS) is 10.1. The molecule has 1 amide bonds. The molecule has 104 valence electrons.